The van der Waals surface area contributed by atoms with Gasteiger partial charge in [-0.15, -0.1) is 0 Å². The first kappa shape index (κ1) is 16.3. The van der Waals surface area contributed by atoms with Gasteiger partial charge in [0.25, 0.3) is 5.56 Å². The summed E-state index contributed by atoms with van der Waals surface area (Å²) >= 11 is 0. The number of benzene rings is 2. The number of hydrogen-bond acceptors (Lipinski definition) is 3. The van der Waals surface area contributed by atoms with Gasteiger partial charge in [0.05, 0.1) is 16.9 Å². The van der Waals surface area contributed by atoms with Crippen LogP contribution in [-0.4, -0.2) is 15.5 Å². The smallest absolute Gasteiger partial charge is 0.326 e. The molecule has 1 fully saturated rings. The first-order chi connectivity index (χ1) is 12.5. The zero-order valence-electron chi connectivity index (χ0n) is 14.4. The number of carbonyl (C=O) groups is 1. The minimum Gasteiger partial charge on any atom is -0.326 e. The number of anilines is 1. The fourth-order valence-electron chi connectivity index (χ4n) is 3.11. The molecule has 1 aromatic heterocycles. The van der Waals surface area contributed by atoms with Crippen LogP contribution in [0.1, 0.15) is 31.4 Å². The van der Waals surface area contributed by atoms with Gasteiger partial charge in [-0.3, -0.25) is 14.2 Å². The predicted molar refractivity (Wildman–Crippen MR) is 100 cm³/mol. The molecule has 0 spiro atoms. The van der Waals surface area contributed by atoms with E-state index in [0.717, 1.165) is 24.1 Å². The maximum atomic E-state index is 12.7. The lowest BCUT2D eigenvalue weighted by atomic mass is 10.1. The summed E-state index contributed by atoms with van der Waals surface area (Å²) in [5, 5.41) is 3.36. The highest BCUT2D eigenvalue weighted by atomic mass is 16.2. The maximum Gasteiger partial charge on any atom is 0.329 e. The second-order valence-corrected chi connectivity index (χ2v) is 6.71. The van der Waals surface area contributed by atoms with E-state index in [4.69, 9.17) is 0 Å². The molecule has 1 saturated carbocycles. The molecular weight excluding hydrogens is 330 g/mol. The quantitative estimate of drug-likeness (QED) is 0.759. The molecule has 1 amide bonds. The standard InChI is InChI=1S/C20H19N3O3/c1-12(13-8-10-15(11-9-13)21-18(24)14-6-7-14)23-19(25)16-4-2-3-5-17(16)22-20(23)26/h2-5,8-12,14H,6-7H2,1H3,(H,21,24)(H,22,26)/t12-/m0/s1. The van der Waals surface area contributed by atoms with Gasteiger partial charge in [-0.2, -0.15) is 0 Å². The molecule has 0 aliphatic heterocycles. The molecular formula is C20H19N3O3. The molecule has 1 aliphatic carbocycles. The number of fused-ring (bicyclic) bond motifs is 1. The Hall–Kier alpha value is -3.15. The summed E-state index contributed by atoms with van der Waals surface area (Å²) in [5.41, 5.74) is 1.31. The Labute approximate surface area is 149 Å². The van der Waals surface area contributed by atoms with Crippen LogP contribution >= 0.6 is 0 Å². The first-order valence-corrected chi connectivity index (χ1v) is 8.69. The van der Waals surface area contributed by atoms with E-state index in [0.29, 0.717) is 10.9 Å². The first-order valence-electron chi connectivity index (χ1n) is 8.69. The summed E-state index contributed by atoms with van der Waals surface area (Å²) in [4.78, 5) is 39.7. The van der Waals surface area contributed by atoms with Crippen molar-refractivity contribution in [2.24, 2.45) is 5.92 Å². The van der Waals surface area contributed by atoms with E-state index < -0.39 is 11.7 Å². The number of amides is 1. The number of hydrogen-bond donors (Lipinski definition) is 2. The average Bonchev–Trinajstić information content (AvgIpc) is 3.47. The van der Waals surface area contributed by atoms with E-state index in [1.54, 1.807) is 36.4 Å². The van der Waals surface area contributed by atoms with E-state index in [1.165, 1.54) is 4.57 Å². The van der Waals surface area contributed by atoms with Gasteiger partial charge in [0, 0.05) is 11.6 Å². The Morgan fingerprint density at radius 3 is 2.50 bits per heavy atom. The van der Waals surface area contributed by atoms with Gasteiger partial charge in [0.2, 0.25) is 5.91 Å². The molecule has 1 aliphatic rings. The third-order valence-electron chi connectivity index (χ3n) is 4.83. The van der Waals surface area contributed by atoms with Crippen LogP contribution in [0.25, 0.3) is 10.9 Å². The zero-order chi connectivity index (χ0) is 18.3. The molecule has 132 valence electrons. The highest BCUT2D eigenvalue weighted by Gasteiger charge is 2.29. The lowest BCUT2D eigenvalue weighted by Crippen LogP contribution is -2.37. The van der Waals surface area contributed by atoms with Crippen molar-refractivity contribution in [3.05, 3.63) is 74.9 Å². The molecule has 26 heavy (non-hydrogen) atoms. The zero-order valence-corrected chi connectivity index (χ0v) is 14.4. The van der Waals surface area contributed by atoms with Gasteiger partial charge in [0.1, 0.15) is 0 Å². The Kier molecular flexibility index (Phi) is 3.95. The predicted octanol–water partition coefficient (Wildman–Crippen LogP) is 2.65. The second kappa shape index (κ2) is 6.29. The SMILES string of the molecule is C[C@@H](c1ccc(NC(=O)C2CC2)cc1)n1c(=O)[nH]c2ccccc2c1=O. The van der Waals surface area contributed by atoms with E-state index >= 15 is 0 Å². The molecule has 0 saturated heterocycles. The van der Waals surface area contributed by atoms with E-state index in [1.807, 2.05) is 19.1 Å². The summed E-state index contributed by atoms with van der Waals surface area (Å²) in [7, 11) is 0. The number of para-hydroxylation sites is 1. The number of aromatic nitrogens is 2. The molecule has 0 radical (unpaired) electrons. The molecule has 3 aromatic rings. The Bertz CT molecular complexity index is 1090. The van der Waals surface area contributed by atoms with Gasteiger partial charge in [-0.1, -0.05) is 24.3 Å². The van der Waals surface area contributed by atoms with Crippen molar-refractivity contribution in [2.45, 2.75) is 25.8 Å². The number of H-pyrrole nitrogens is 1. The Morgan fingerprint density at radius 2 is 1.81 bits per heavy atom. The third-order valence-corrected chi connectivity index (χ3v) is 4.83. The molecule has 6 nitrogen and oxygen atoms in total. The molecule has 1 atom stereocenters. The van der Waals surface area contributed by atoms with E-state index in [9.17, 15) is 14.4 Å². The Balaban J connectivity index is 1.66. The van der Waals surface area contributed by atoms with Crippen molar-refractivity contribution in [3.63, 3.8) is 0 Å². The van der Waals surface area contributed by atoms with Crippen molar-refractivity contribution < 1.29 is 4.79 Å². The number of nitrogens with zero attached hydrogens (tertiary/aromatic N) is 1. The molecule has 6 heteroatoms. The minimum absolute atomic E-state index is 0.0491. The average molecular weight is 349 g/mol. The molecule has 4 rings (SSSR count). The van der Waals surface area contributed by atoms with Crippen molar-refractivity contribution >= 4 is 22.5 Å². The monoisotopic (exact) mass is 349 g/mol. The van der Waals surface area contributed by atoms with E-state index in [-0.39, 0.29) is 17.4 Å². The molecule has 1 heterocycles. The highest BCUT2D eigenvalue weighted by Crippen LogP contribution is 2.30. The van der Waals surface area contributed by atoms with Gasteiger partial charge >= 0.3 is 5.69 Å². The lowest BCUT2D eigenvalue weighted by molar-refractivity contribution is -0.117. The van der Waals surface area contributed by atoms with Crippen LogP contribution in [0.2, 0.25) is 0 Å². The summed E-state index contributed by atoms with van der Waals surface area (Å²) in [6, 6.07) is 13.8. The van der Waals surface area contributed by atoms with Crippen LogP contribution in [0.15, 0.2) is 58.1 Å². The number of aromatic amines is 1. The topological polar surface area (TPSA) is 84.0 Å². The van der Waals surface area contributed by atoms with Crippen LogP contribution in [0.5, 0.6) is 0 Å². The second-order valence-electron chi connectivity index (χ2n) is 6.71. The van der Waals surface area contributed by atoms with Crippen molar-refractivity contribution in [2.75, 3.05) is 5.32 Å². The highest BCUT2D eigenvalue weighted by molar-refractivity contribution is 5.94. The summed E-state index contributed by atoms with van der Waals surface area (Å²) in [6.45, 7) is 1.81. The van der Waals surface area contributed by atoms with Crippen LogP contribution in [0.3, 0.4) is 0 Å². The van der Waals surface area contributed by atoms with Crippen molar-refractivity contribution in [3.8, 4) is 0 Å². The summed E-state index contributed by atoms with van der Waals surface area (Å²) < 4.78 is 1.22. The Morgan fingerprint density at radius 1 is 1.12 bits per heavy atom. The molecule has 0 bridgehead atoms. The van der Waals surface area contributed by atoms with E-state index in [2.05, 4.69) is 10.3 Å². The van der Waals surface area contributed by atoms with Gasteiger partial charge < -0.3 is 10.3 Å². The molecule has 0 unspecified atom stereocenters. The van der Waals surface area contributed by atoms with Crippen LogP contribution in [0, 0.1) is 5.92 Å². The van der Waals surface area contributed by atoms with Gasteiger partial charge in [-0.05, 0) is 49.6 Å². The number of nitrogens with one attached hydrogen (secondary N) is 2. The summed E-state index contributed by atoms with van der Waals surface area (Å²) in [5.74, 6) is 0.191. The lowest BCUT2D eigenvalue weighted by Gasteiger charge is -2.16. The molecule has 2 aromatic carbocycles. The van der Waals surface area contributed by atoms with Crippen LogP contribution < -0.4 is 16.6 Å². The fraction of sp³-hybridized carbons (Fsp3) is 0.250. The van der Waals surface area contributed by atoms with Crippen LogP contribution in [-0.2, 0) is 4.79 Å². The third kappa shape index (κ3) is 2.94. The fourth-order valence-corrected chi connectivity index (χ4v) is 3.11. The largest absolute Gasteiger partial charge is 0.329 e. The van der Waals surface area contributed by atoms with Gasteiger partial charge in [-0.25, -0.2) is 4.79 Å². The van der Waals surface area contributed by atoms with Gasteiger partial charge in [0.15, 0.2) is 0 Å². The van der Waals surface area contributed by atoms with Crippen molar-refractivity contribution in [1.29, 1.82) is 0 Å². The number of carbonyl (C=O) groups excluding carboxylic acids is 1. The maximum absolute atomic E-state index is 12.7. The number of rotatable bonds is 4. The normalized spacial score (nSPS) is 15.0. The summed E-state index contributed by atoms with van der Waals surface area (Å²) in [6.07, 6.45) is 1.91. The van der Waals surface area contributed by atoms with Crippen molar-refractivity contribution in [1.82, 2.24) is 9.55 Å². The van der Waals surface area contributed by atoms with Crippen LogP contribution in [0.4, 0.5) is 5.69 Å². The molecule has 2 N–H and O–H groups in total. The minimum atomic E-state index is -0.438.